The van der Waals surface area contributed by atoms with Crippen LogP contribution in [0, 0.1) is 12.8 Å². The quantitative estimate of drug-likeness (QED) is 0.794. The van der Waals surface area contributed by atoms with Crippen LogP contribution >= 0.6 is 0 Å². The van der Waals surface area contributed by atoms with Crippen molar-refractivity contribution < 1.29 is 13.5 Å². The van der Waals surface area contributed by atoms with E-state index in [1.165, 1.54) is 0 Å². The second-order valence-electron chi connectivity index (χ2n) is 5.25. The number of hydrogen-bond donors (Lipinski definition) is 2. The number of benzene rings is 1. The Labute approximate surface area is 115 Å². The minimum absolute atomic E-state index is 0.247. The number of rotatable bonds is 7. The Balaban J connectivity index is 2.63. The van der Waals surface area contributed by atoms with E-state index in [1.807, 2.05) is 0 Å². The fourth-order valence-electron chi connectivity index (χ4n) is 1.85. The molecular formula is C14H23NO3S. The van der Waals surface area contributed by atoms with Gasteiger partial charge in [-0.1, -0.05) is 32.0 Å². The predicted molar refractivity (Wildman–Crippen MR) is 76.9 cm³/mol. The Bertz CT molecular complexity index is 497. The highest BCUT2D eigenvalue weighted by molar-refractivity contribution is 7.91. The van der Waals surface area contributed by atoms with Gasteiger partial charge in [0.05, 0.1) is 16.8 Å². The molecule has 0 saturated heterocycles. The molecule has 0 spiro atoms. The summed E-state index contributed by atoms with van der Waals surface area (Å²) in [7, 11) is -3.43. The van der Waals surface area contributed by atoms with Crippen molar-refractivity contribution in [3.05, 3.63) is 29.8 Å². The van der Waals surface area contributed by atoms with Crippen molar-refractivity contribution in [1.82, 2.24) is 5.32 Å². The zero-order valence-electron chi connectivity index (χ0n) is 11.8. The van der Waals surface area contributed by atoms with Gasteiger partial charge in [-0.25, -0.2) is 8.42 Å². The molecule has 0 radical (unpaired) electrons. The standard InChI is InChI=1S/C14H23NO3S/c1-11(2)8-15-9-13(16)10-19(17,18)14-7-5-4-6-12(14)3/h4-7,11,13,15-16H,8-10H2,1-3H3. The lowest BCUT2D eigenvalue weighted by Gasteiger charge is -2.14. The maximum Gasteiger partial charge on any atom is 0.181 e. The fourth-order valence-corrected chi connectivity index (χ4v) is 3.49. The van der Waals surface area contributed by atoms with Crippen LogP contribution < -0.4 is 5.32 Å². The van der Waals surface area contributed by atoms with Crippen LogP contribution in [-0.4, -0.2) is 38.5 Å². The number of aliphatic hydroxyl groups excluding tert-OH is 1. The summed E-state index contributed by atoms with van der Waals surface area (Å²) in [6.07, 6.45) is -0.886. The third-order valence-corrected chi connectivity index (χ3v) is 4.72. The zero-order chi connectivity index (χ0) is 14.5. The minimum Gasteiger partial charge on any atom is -0.391 e. The van der Waals surface area contributed by atoms with Gasteiger partial charge in [0.1, 0.15) is 0 Å². The van der Waals surface area contributed by atoms with E-state index >= 15 is 0 Å². The molecule has 0 amide bonds. The second-order valence-corrected chi connectivity index (χ2v) is 7.26. The summed E-state index contributed by atoms with van der Waals surface area (Å²) in [5, 5.41) is 12.9. The van der Waals surface area contributed by atoms with Gasteiger partial charge in [0, 0.05) is 6.54 Å². The molecule has 1 unspecified atom stereocenters. The van der Waals surface area contributed by atoms with Crippen LogP contribution in [-0.2, 0) is 9.84 Å². The lowest BCUT2D eigenvalue weighted by molar-refractivity contribution is 0.192. The summed E-state index contributed by atoms with van der Waals surface area (Å²) < 4.78 is 24.3. The summed E-state index contributed by atoms with van der Waals surface area (Å²) >= 11 is 0. The Kier molecular flexibility index (Phi) is 5.97. The smallest absolute Gasteiger partial charge is 0.181 e. The van der Waals surface area contributed by atoms with Crippen molar-refractivity contribution in [2.45, 2.75) is 31.8 Å². The highest BCUT2D eigenvalue weighted by Gasteiger charge is 2.21. The maximum absolute atomic E-state index is 12.2. The molecule has 5 heteroatoms. The minimum atomic E-state index is -3.43. The molecule has 0 fully saturated rings. The number of hydrogen-bond acceptors (Lipinski definition) is 4. The summed E-state index contributed by atoms with van der Waals surface area (Å²) in [6, 6.07) is 6.84. The van der Waals surface area contributed by atoms with E-state index in [2.05, 4.69) is 19.2 Å². The monoisotopic (exact) mass is 285 g/mol. The molecular weight excluding hydrogens is 262 g/mol. The van der Waals surface area contributed by atoms with E-state index in [-0.39, 0.29) is 5.75 Å². The van der Waals surface area contributed by atoms with E-state index in [0.29, 0.717) is 22.9 Å². The third-order valence-electron chi connectivity index (χ3n) is 2.77. The summed E-state index contributed by atoms with van der Waals surface area (Å²) in [5.41, 5.74) is 0.713. The largest absolute Gasteiger partial charge is 0.391 e. The van der Waals surface area contributed by atoms with Crippen LogP contribution in [0.3, 0.4) is 0 Å². The zero-order valence-corrected chi connectivity index (χ0v) is 12.6. The molecule has 19 heavy (non-hydrogen) atoms. The van der Waals surface area contributed by atoms with E-state index in [1.54, 1.807) is 31.2 Å². The molecule has 108 valence electrons. The molecule has 1 atom stereocenters. The van der Waals surface area contributed by atoms with Crippen LogP contribution in [0.5, 0.6) is 0 Å². The molecule has 0 aromatic heterocycles. The highest BCUT2D eigenvalue weighted by atomic mass is 32.2. The average molecular weight is 285 g/mol. The number of nitrogens with one attached hydrogen (secondary N) is 1. The Morgan fingerprint density at radius 1 is 1.21 bits per heavy atom. The van der Waals surface area contributed by atoms with Crippen molar-refractivity contribution in [3.63, 3.8) is 0 Å². The molecule has 0 heterocycles. The number of aryl methyl sites for hydroxylation is 1. The van der Waals surface area contributed by atoms with E-state index in [9.17, 15) is 13.5 Å². The Hall–Kier alpha value is -0.910. The lowest BCUT2D eigenvalue weighted by atomic mass is 10.2. The van der Waals surface area contributed by atoms with Crippen molar-refractivity contribution in [3.8, 4) is 0 Å². The first kappa shape index (κ1) is 16.1. The summed E-state index contributed by atoms with van der Waals surface area (Å²) in [5.74, 6) is 0.225. The van der Waals surface area contributed by atoms with Gasteiger partial charge in [-0.15, -0.1) is 0 Å². The fraction of sp³-hybridized carbons (Fsp3) is 0.571. The average Bonchev–Trinajstić information content (AvgIpc) is 2.27. The van der Waals surface area contributed by atoms with Crippen LogP contribution in [0.4, 0.5) is 0 Å². The summed E-state index contributed by atoms with van der Waals surface area (Å²) in [6.45, 7) is 6.94. The highest BCUT2D eigenvalue weighted by Crippen LogP contribution is 2.16. The van der Waals surface area contributed by atoms with E-state index in [4.69, 9.17) is 0 Å². The summed E-state index contributed by atoms with van der Waals surface area (Å²) in [4.78, 5) is 0.304. The molecule has 0 bridgehead atoms. The van der Waals surface area contributed by atoms with E-state index < -0.39 is 15.9 Å². The van der Waals surface area contributed by atoms with Gasteiger partial charge in [0.25, 0.3) is 0 Å². The second kappa shape index (κ2) is 7.03. The van der Waals surface area contributed by atoms with Gasteiger partial charge in [0.15, 0.2) is 9.84 Å². The van der Waals surface area contributed by atoms with Crippen LogP contribution in [0.2, 0.25) is 0 Å². The van der Waals surface area contributed by atoms with Gasteiger partial charge in [-0.05, 0) is 31.0 Å². The molecule has 0 aliphatic carbocycles. The van der Waals surface area contributed by atoms with Crippen LogP contribution in [0.15, 0.2) is 29.2 Å². The molecule has 1 aromatic carbocycles. The maximum atomic E-state index is 12.2. The third kappa shape index (κ3) is 5.30. The number of sulfone groups is 1. The van der Waals surface area contributed by atoms with Gasteiger partial charge in [-0.3, -0.25) is 0 Å². The topological polar surface area (TPSA) is 66.4 Å². The molecule has 1 rings (SSSR count). The van der Waals surface area contributed by atoms with Gasteiger partial charge in [0.2, 0.25) is 0 Å². The molecule has 0 saturated carbocycles. The Morgan fingerprint density at radius 2 is 1.84 bits per heavy atom. The molecule has 1 aromatic rings. The predicted octanol–water partition coefficient (Wildman–Crippen LogP) is 1.38. The molecule has 0 aliphatic heterocycles. The van der Waals surface area contributed by atoms with Crippen molar-refractivity contribution >= 4 is 9.84 Å². The van der Waals surface area contributed by atoms with E-state index in [0.717, 1.165) is 6.54 Å². The molecule has 2 N–H and O–H groups in total. The first-order chi connectivity index (χ1) is 8.83. The van der Waals surface area contributed by atoms with Gasteiger partial charge >= 0.3 is 0 Å². The Morgan fingerprint density at radius 3 is 2.42 bits per heavy atom. The molecule has 0 aliphatic rings. The SMILES string of the molecule is Cc1ccccc1S(=O)(=O)CC(O)CNCC(C)C. The first-order valence-electron chi connectivity index (χ1n) is 6.50. The van der Waals surface area contributed by atoms with Crippen molar-refractivity contribution in [1.29, 1.82) is 0 Å². The van der Waals surface area contributed by atoms with Crippen molar-refractivity contribution in [2.24, 2.45) is 5.92 Å². The first-order valence-corrected chi connectivity index (χ1v) is 8.15. The van der Waals surface area contributed by atoms with Crippen LogP contribution in [0.1, 0.15) is 19.4 Å². The number of aliphatic hydroxyl groups is 1. The van der Waals surface area contributed by atoms with Gasteiger partial charge < -0.3 is 10.4 Å². The normalized spacial score (nSPS) is 13.7. The van der Waals surface area contributed by atoms with Crippen molar-refractivity contribution in [2.75, 3.05) is 18.8 Å². The van der Waals surface area contributed by atoms with Crippen LogP contribution in [0.25, 0.3) is 0 Å². The molecule has 4 nitrogen and oxygen atoms in total. The lowest BCUT2D eigenvalue weighted by Crippen LogP contribution is -2.34. The van der Waals surface area contributed by atoms with Gasteiger partial charge in [-0.2, -0.15) is 0 Å².